The SMILES string of the molecule is Cc1ccc(-c2csc(-c3ccc(CNC(=O)CCC(=O)c4ccc(F)cc4)cc3)n2)cc1. The Kier molecular flexibility index (Phi) is 7.05. The van der Waals surface area contributed by atoms with Crippen LogP contribution < -0.4 is 5.32 Å². The molecule has 0 aliphatic rings. The normalized spacial score (nSPS) is 10.7. The first kappa shape index (κ1) is 22.6. The molecule has 1 heterocycles. The molecular formula is C27H23FN2O2S. The third-order valence-electron chi connectivity index (χ3n) is 5.29. The van der Waals surface area contributed by atoms with E-state index in [0.717, 1.165) is 27.4 Å². The predicted octanol–water partition coefficient (Wildman–Crippen LogP) is 6.20. The minimum absolute atomic E-state index is 0.0871. The highest BCUT2D eigenvalue weighted by Crippen LogP contribution is 2.29. The molecule has 0 unspecified atom stereocenters. The van der Waals surface area contributed by atoms with E-state index in [1.54, 1.807) is 11.3 Å². The summed E-state index contributed by atoms with van der Waals surface area (Å²) in [6, 6.07) is 21.6. The second-order valence-corrected chi connectivity index (χ2v) is 8.67. The highest BCUT2D eigenvalue weighted by atomic mass is 32.1. The number of aryl methyl sites for hydroxylation is 1. The van der Waals surface area contributed by atoms with Gasteiger partial charge in [-0.2, -0.15) is 0 Å². The number of rotatable bonds is 8. The zero-order valence-corrected chi connectivity index (χ0v) is 19.0. The second kappa shape index (κ2) is 10.3. The number of Topliss-reactive ketones (excluding diaryl/α,β-unsaturated/α-hetero) is 1. The number of hydrogen-bond donors (Lipinski definition) is 1. The zero-order chi connectivity index (χ0) is 23.2. The summed E-state index contributed by atoms with van der Waals surface area (Å²) in [5.74, 6) is -0.767. The van der Waals surface area contributed by atoms with Crippen LogP contribution in [0.2, 0.25) is 0 Å². The number of amides is 1. The summed E-state index contributed by atoms with van der Waals surface area (Å²) in [6.07, 6.45) is 0.180. The summed E-state index contributed by atoms with van der Waals surface area (Å²) in [5, 5.41) is 5.84. The molecular weight excluding hydrogens is 435 g/mol. The van der Waals surface area contributed by atoms with Crippen LogP contribution in [0, 0.1) is 12.7 Å². The molecule has 0 atom stereocenters. The van der Waals surface area contributed by atoms with Gasteiger partial charge in [-0.05, 0) is 36.8 Å². The Morgan fingerprint density at radius 2 is 1.55 bits per heavy atom. The minimum Gasteiger partial charge on any atom is -0.352 e. The number of nitrogens with one attached hydrogen (secondary N) is 1. The largest absolute Gasteiger partial charge is 0.352 e. The maximum atomic E-state index is 13.0. The van der Waals surface area contributed by atoms with Crippen molar-refractivity contribution in [2.24, 2.45) is 0 Å². The topological polar surface area (TPSA) is 59.1 Å². The van der Waals surface area contributed by atoms with Gasteiger partial charge in [0.2, 0.25) is 5.91 Å². The standard InChI is InChI=1S/C27H23FN2O2S/c1-18-2-6-20(7-3-18)24-17-33-27(30-24)22-8-4-19(5-9-22)16-29-26(32)15-14-25(31)21-10-12-23(28)13-11-21/h2-13,17H,14-16H2,1H3,(H,29,32). The van der Waals surface area contributed by atoms with E-state index in [0.29, 0.717) is 12.1 Å². The van der Waals surface area contributed by atoms with Crippen molar-refractivity contribution in [2.75, 3.05) is 0 Å². The summed E-state index contributed by atoms with van der Waals surface area (Å²) < 4.78 is 13.0. The van der Waals surface area contributed by atoms with Gasteiger partial charge < -0.3 is 5.32 Å². The summed E-state index contributed by atoms with van der Waals surface area (Å²) in [5.41, 5.74) is 5.68. The Bertz CT molecular complexity index is 1250. The molecule has 1 N–H and O–H groups in total. The van der Waals surface area contributed by atoms with Gasteiger partial charge in [-0.3, -0.25) is 9.59 Å². The first-order chi connectivity index (χ1) is 16.0. The van der Waals surface area contributed by atoms with Crippen LogP contribution in [-0.4, -0.2) is 16.7 Å². The number of carbonyl (C=O) groups excluding carboxylic acids is 2. The van der Waals surface area contributed by atoms with Crippen molar-refractivity contribution in [3.8, 4) is 21.8 Å². The van der Waals surface area contributed by atoms with Crippen LogP contribution in [0.15, 0.2) is 78.2 Å². The van der Waals surface area contributed by atoms with Crippen LogP contribution in [0.25, 0.3) is 21.8 Å². The van der Waals surface area contributed by atoms with E-state index in [4.69, 9.17) is 4.98 Å². The van der Waals surface area contributed by atoms with Crippen LogP contribution in [0.4, 0.5) is 4.39 Å². The molecule has 0 spiro atoms. The van der Waals surface area contributed by atoms with Crippen molar-refractivity contribution in [1.82, 2.24) is 10.3 Å². The van der Waals surface area contributed by atoms with Crippen LogP contribution in [0.1, 0.15) is 34.3 Å². The number of halogens is 1. The van der Waals surface area contributed by atoms with Crippen LogP contribution >= 0.6 is 11.3 Å². The molecule has 0 saturated heterocycles. The van der Waals surface area contributed by atoms with Gasteiger partial charge in [-0.15, -0.1) is 11.3 Å². The van der Waals surface area contributed by atoms with Crippen molar-refractivity contribution in [3.63, 3.8) is 0 Å². The lowest BCUT2D eigenvalue weighted by atomic mass is 10.1. The predicted molar refractivity (Wildman–Crippen MR) is 130 cm³/mol. The maximum Gasteiger partial charge on any atom is 0.220 e. The molecule has 3 aromatic carbocycles. The second-order valence-electron chi connectivity index (χ2n) is 7.81. The van der Waals surface area contributed by atoms with Crippen LogP contribution in [-0.2, 0) is 11.3 Å². The molecule has 1 aromatic heterocycles. The van der Waals surface area contributed by atoms with Gasteiger partial charge in [0.05, 0.1) is 5.69 Å². The van der Waals surface area contributed by atoms with Crippen LogP contribution in [0.5, 0.6) is 0 Å². The van der Waals surface area contributed by atoms with Gasteiger partial charge in [0.25, 0.3) is 0 Å². The van der Waals surface area contributed by atoms with Crippen LogP contribution in [0.3, 0.4) is 0 Å². The Hall–Kier alpha value is -3.64. The lowest BCUT2D eigenvalue weighted by Crippen LogP contribution is -2.23. The molecule has 166 valence electrons. The van der Waals surface area contributed by atoms with E-state index in [9.17, 15) is 14.0 Å². The quantitative estimate of drug-likeness (QED) is 0.320. The smallest absolute Gasteiger partial charge is 0.220 e. The monoisotopic (exact) mass is 458 g/mol. The number of ketones is 1. The van der Waals surface area contributed by atoms with E-state index in [1.165, 1.54) is 29.8 Å². The third-order valence-corrected chi connectivity index (χ3v) is 6.18. The van der Waals surface area contributed by atoms with E-state index in [2.05, 4.69) is 41.9 Å². The number of benzene rings is 3. The number of aromatic nitrogens is 1. The Balaban J connectivity index is 1.28. The average Bonchev–Trinajstić information content (AvgIpc) is 3.33. The highest BCUT2D eigenvalue weighted by Gasteiger charge is 2.10. The Morgan fingerprint density at radius 3 is 2.24 bits per heavy atom. The molecule has 0 aliphatic carbocycles. The lowest BCUT2D eigenvalue weighted by molar-refractivity contribution is -0.121. The fourth-order valence-electron chi connectivity index (χ4n) is 3.32. The zero-order valence-electron chi connectivity index (χ0n) is 18.2. The number of nitrogens with zero attached hydrogens (tertiary/aromatic N) is 1. The minimum atomic E-state index is -0.392. The summed E-state index contributed by atoms with van der Waals surface area (Å²) in [6.45, 7) is 2.45. The molecule has 4 nitrogen and oxygen atoms in total. The van der Waals surface area contributed by atoms with Crippen molar-refractivity contribution >= 4 is 23.0 Å². The van der Waals surface area contributed by atoms with Gasteiger partial charge in [0.15, 0.2) is 5.78 Å². The summed E-state index contributed by atoms with van der Waals surface area (Å²) in [7, 11) is 0. The number of hydrogen-bond acceptors (Lipinski definition) is 4. The molecule has 0 bridgehead atoms. The Labute approximate surface area is 196 Å². The highest BCUT2D eigenvalue weighted by molar-refractivity contribution is 7.13. The molecule has 4 aromatic rings. The van der Waals surface area contributed by atoms with Gasteiger partial charge in [-0.25, -0.2) is 9.37 Å². The lowest BCUT2D eigenvalue weighted by Gasteiger charge is -2.06. The number of thiazole rings is 1. The fraction of sp³-hybridized carbons (Fsp3) is 0.148. The van der Waals surface area contributed by atoms with Gasteiger partial charge in [-0.1, -0.05) is 54.1 Å². The van der Waals surface area contributed by atoms with E-state index >= 15 is 0 Å². The Morgan fingerprint density at radius 1 is 0.879 bits per heavy atom. The van der Waals surface area contributed by atoms with E-state index in [-0.39, 0.29) is 24.5 Å². The van der Waals surface area contributed by atoms with Gasteiger partial charge in [0.1, 0.15) is 10.8 Å². The molecule has 0 fully saturated rings. The van der Waals surface area contributed by atoms with Crippen molar-refractivity contribution in [3.05, 3.63) is 101 Å². The average molecular weight is 459 g/mol. The van der Waals surface area contributed by atoms with Gasteiger partial charge in [0, 0.05) is 41.5 Å². The first-order valence-corrected chi connectivity index (χ1v) is 11.5. The summed E-state index contributed by atoms with van der Waals surface area (Å²) in [4.78, 5) is 29.0. The van der Waals surface area contributed by atoms with Crippen molar-refractivity contribution in [2.45, 2.75) is 26.3 Å². The van der Waals surface area contributed by atoms with Crippen molar-refractivity contribution in [1.29, 1.82) is 0 Å². The molecule has 6 heteroatoms. The molecule has 1 amide bonds. The molecule has 0 saturated carbocycles. The first-order valence-electron chi connectivity index (χ1n) is 10.7. The molecule has 33 heavy (non-hydrogen) atoms. The fourth-order valence-corrected chi connectivity index (χ4v) is 4.16. The molecule has 0 radical (unpaired) electrons. The molecule has 4 rings (SSSR count). The molecule has 0 aliphatic heterocycles. The van der Waals surface area contributed by atoms with E-state index in [1.807, 2.05) is 24.3 Å². The number of carbonyl (C=O) groups is 2. The van der Waals surface area contributed by atoms with Crippen molar-refractivity contribution < 1.29 is 14.0 Å². The maximum absolute atomic E-state index is 13.0. The summed E-state index contributed by atoms with van der Waals surface area (Å²) >= 11 is 1.60. The third kappa shape index (κ3) is 5.99. The van der Waals surface area contributed by atoms with Gasteiger partial charge >= 0.3 is 0 Å². The van der Waals surface area contributed by atoms with E-state index < -0.39 is 5.82 Å².